The summed E-state index contributed by atoms with van der Waals surface area (Å²) in [7, 11) is -3.44. The third kappa shape index (κ3) is 6.23. The Bertz CT molecular complexity index is 1120. The monoisotopic (exact) mass is 447 g/mol. The maximum atomic E-state index is 11.6. The van der Waals surface area contributed by atoms with Crippen molar-refractivity contribution >= 4 is 50.5 Å². The van der Waals surface area contributed by atoms with Crippen LogP contribution >= 0.6 is 11.6 Å². The quantitative estimate of drug-likeness (QED) is 0.433. The molecule has 158 valence electrons. The fourth-order valence-corrected chi connectivity index (χ4v) is 3.25. The van der Waals surface area contributed by atoms with Crippen LogP contribution in [-0.4, -0.2) is 31.2 Å². The van der Waals surface area contributed by atoms with Gasteiger partial charge in [-0.15, -0.1) is 0 Å². The number of nitrogens with zero attached hydrogens (tertiary/aromatic N) is 2. The zero-order valence-corrected chi connectivity index (χ0v) is 18.1. The van der Waals surface area contributed by atoms with Crippen LogP contribution in [0.4, 0.5) is 28.8 Å². The first-order chi connectivity index (χ1) is 14.3. The number of halogens is 1. The third-order valence-corrected chi connectivity index (χ3v) is 4.65. The first-order valence-corrected chi connectivity index (χ1v) is 11.5. The van der Waals surface area contributed by atoms with Crippen LogP contribution in [0.1, 0.15) is 13.3 Å². The highest BCUT2D eigenvalue weighted by atomic mass is 35.5. The molecule has 0 aliphatic rings. The van der Waals surface area contributed by atoms with Crippen molar-refractivity contribution in [1.82, 2.24) is 9.97 Å². The molecule has 0 saturated heterocycles. The Kier molecular flexibility index (Phi) is 6.96. The van der Waals surface area contributed by atoms with E-state index in [2.05, 4.69) is 25.3 Å². The normalized spacial score (nSPS) is 11.0. The Hall–Kier alpha value is -3.04. The van der Waals surface area contributed by atoms with E-state index in [9.17, 15) is 8.42 Å². The second kappa shape index (κ2) is 9.64. The fraction of sp³-hybridized carbons (Fsp3) is 0.200. The zero-order chi connectivity index (χ0) is 21.6. The summed E-state index contributed by atoms with van der Waals surface area (Å²) >= 11 is 6.24. The van der Waals surface area contributed by atoms with Gasteiger partial charge in [-0.1, -0.05) is 36.7 Å². The van der Waals surface area contributed by atoms with Gasteiger partial charge in [-0.3, -0.25) is 4.72 Å². The lowest BCUT2D eigenvalue weighted by atomic mass is 10.2. The van der Waals surface area contributed by atoms with Crippen LogP contribution in [0.15, 0.2) is 54.7 Å². The molecule has 3 aromatic rings. The molecule has 0 saturated carbocycles. The molecule has 0 aliphatic heterocycles. The molecule has 1 heterocycles. The molecule has 3 N–H and O–H groups in total. The number of rotatable bonds is 9. The maximum absolute atomic E-state index is 11.6. The zero-order valence-electron chi connectivity index (χ0n) is 16.5. The molecule has 0 bridgehead atoms. The standard InChI is InChI=1S/C20H22ClN5O3S/c1-3-11-29-15-8-6-7-14(12-15)23-20-22-13-16(21)19(25-20)24-17-9-4-5-10-18(17)26-30(2,27)28/h4-10,12-13,26H,3,11H2,1-2H3,(H2,22,23,24,25). The molecule has 1 aromatic heterocycles. The highest BCUT2D eigenvalue weighted by Crippen LogP contribution is 2.30. The van der Waals surface area contributed by atoms with Crippen molar-refractivity contribution in [2.24, 2.45) is 0 Å². The van der Waals surface area contributed by atoms with E-state index in [1.54, 1.807) is 24.3 Å². The Labute approximate surface area is 180 Å². The molecule has 0 amide bonds. The van der Waals surface area contributed by atoms with Gasteiger partial charge in [0, 0.05) is 11.8 Å². The van der Waals surface area contributed by atoms with Crippen LogP contribution in [0, 0.1) is 0 Å². The lowest BCUT2D eigenvalue weighted by Gasteiger charge is -2.14. The molecule has 0 spiro atoms. The summed E-state index contributed by atoms with van der Waals surface area (Å²) < 4.78 is 31.3. The van der Waals surface area contributed by atoms with Crippen LogP contribution in [-0.2, 0) is 10.0 Å². The van der Waals surface area contributed by atoms with Crippen LogP contribution in [0.5, 0.6) is 5.75 Å². The second-order valence-corrected chi connectivity index (χ2v) is 8.59. The molecular weight excluding hydrogens is 426 g/mol. The second-order valence-electron chi connectivity index (χ2n) is 6.44. The molecule has 0 atom stereocenters. The molecular formula is C20H22ClN5O3S. The van der Waals surface area contributed by atoms with Crippen LogP contribution in [0.25, 0.3) is 0 Å². The SMILES string of the molecule is CCCOc1cccc(Nc2ncc(Cl)c(Nc3ccccc3NS(C)(=O)=O)n2)c1. The molecule has 0 unspecified atom stereocenters. The van der Waals surface area contributed by atoms with Crippen molar-refractivity contribution in [3.05, 3.63) is 59.8 Å². The topological polar surface area (TPSA) is 105 Å². The van der Waals surface area contributed by atoms with Gasteiger partial charge in [-0.2, -0.15) is 4.98 Å². The van der Waals surface area contributed by atoms with E-state index >= 15 is 0 Å². The summed E-state index contributed by atoms with van der Waals surface area (Å²) in [6.45, 7) is 2.68. The summed E-state index contributed by atoms with van der Waals surface area (Å²) in [5.74, 6) is 1.40. The number of anilines is 5. The van der Waals surface area contributed by atoms with Crippen molar-refractivity contribution in [2.45, 2.75) is 13.3 Å². The number of sulfonamides is 1. The van der Waals surface area contributed by atoms with E-state index in [0.29, 0.717) is 29.7 Å². The Morgan fingerprint density at radius 1 is 1.07 bits per heavy atom. The Morgan fingerprint density at radius 2 is 1.83 bits per heavy atom. The number of hydrogen-bond acceptors (Lipinski definition) is 7. The van der Waals surface area contributed by atoms with Gasteiger partial charge in [0.1, 0.15) is 10.8 Å². The minimum absolute atomic E-state index is 0.287. The average Bonchev–Trinajstić information content (AvgIpc) is 2.69. The summed E-state index contributed by atoms with van der Waals surface area (Å²) in [6, 6.07) is 14.3. The fourth-order valence-electron chi connectivity index (χ4n) is 2.54. The molecule has 8 nitrogen and oxygen atoms in total. The number of hydrogen-bond donors (Lipinski definition) is 3. The first-order valence-electron chi connectivity index (χ1n) is 9.20. The van der Waals surface area contributed by atoms with Gasteiger partial charge < -0.3 is 15.4 Å². The van der Waals surface area contributed by atoms with Gasteiger partial charge in [0.25, 0.3) is 0 Å². The molecule has 0 aliphatic carbocycles. The highest BCUT2D eigenvalue weighted by Gasteiger charge is 2.11. The van der Waals surface area contributed by atoms with E-state index in [1.165, 1.54) is 6.20 Å². The van der Waals surface area contributed by atoms with Gasteiger partial charge in [0.05, 0.1) is 30.4 Å². The van der Waals surface area contributed by atoms with Gasteiger partial charge in [-0.25, -0.2) is 13.4 Å². The van der Waals surface area contributed by atoms with E-state index in [-0.39, 0.29) is 5.02 Å². The molecule has 3 rings (SSSR count). The number of nitrogens with one attached hydrogen (secondary N) is 3. The average molecular weight is 448 g/mol. The van der Waals surface area contributed by atoms with Gasteiger partial charge in [0.2, 0.25) is 16.0 Å². The smallest absolute Gasteiger partial charge is 0.229 e. The van der Waals surface area contributed by atoms with Gasteiger partial charge in [-0.05, 0) is 30.7 Å². The largest absolute Gasteiger partial charge is 0.494 e. The lowest BCUT2D eigenvalue weighted by molar-refractivity contribution is 0.317. The molecule has 30 heavy (non-hydrogen) atoms. The van der Waals surface area contributed by atoms with Crippen molar-refractivity contribution in [2.75, 3.05) is 28.2 Å². The van der Waals surface area contributed by atoms with Crippen LogP contribution in [0.3, 0.4) is 0 Å². The maximum Gasteiger partial charge on any atom is 0.229 e. The third-order valence-electron chi connectivity index (χ3n) is 3.78. The summed E-state index contributed by atoms with van der Waals surface area (Å²) in [5.41, 5.74) is 1.64. The molecule has 0 fully saturated rings. The summed E-state index contributed by atoms with van der Waals surface area (Å²) in [4.78, 5) is 8.61. The number of para-hydroxylation sites is 2. The molecule has 0 radical (unpaired) electrons. The van der Waals surface area contributed by atoms with E-state index < -0.39 is 10.0 Å². The summed E-state index contributed by atoms with van der Waals surface area (Å²) in [6.07, 6.45) is 3.47. The minimum atomic E-state index is -3.44. The molecule has 10 heteroatoms. The van der Waals surface area contributed by atoms with Crippen LogP contribution in [0.2, 0.25) is 5.02 Å². The van der Waals surface area contributed by atoms with Crippen molar-refractivity contribution < 1.29 is 13.2 Å². The lowest BCUT2D eigenvalue weighted by Crippen LogP contribution is -2.11. The van der Waals surface area contributed by atoms with Crippen molar-refractivity contribution in [3.63, 3.8) is 0 Å². The first kappa shape index (κ1) is 21.7. The summed E-state index contributed by atoms with van der Waals surface area (Å²) in [5, 5.41) is 6.46. The predicted molar refractivity (Wildman–Crippen MR) is 121 cm³/mol. The number of benzene rings is 2. The van der Waals surface area contributed by atoms with E-state index in [1.807, 2.05) is 31.2 Å². The molecule has 2 aromatic carbocycles. The van der Waals surface area contributed by atoms with Crippen molar-refractivity contribution in [1.29, 1.82) is 0 Å². The Morgan fingerprint density at radius 3 is 2.57 bits per heavy atom. The van der Waals surface area contributed by atoms with Crippen LogP contribution < -0.4 is 20.1 Å². The van der Waals surface area contributed by atoms with Gasteiger partial charge >= 0.3 is 0 Å². The van der Waals surface area contributed by atoms with E-state index in [4.69, 9.17) is 16.3 Å². The number of aromatic nitrogens is 2. The minimum Gasteiger partial charge on any atom is -0.494 e. The Balaban J connectivity index is 1.82. The highest BCUT2D eigenvalue weighted by molar-refractivity contribution is 7.92. The number of ether oxygens (including phenoxy) is 1. The van der Waals surface area contributed by atoms with Crippen molar-refractivity contribution in [3.8, 4) is 5.75 Å². The van der Waals surface area contributed by atoms with E-state index in [0.717, 1.165) is 24.1 Å². The predicted octanol–water partition coefficient (Wildman–Crippen LogP) is 4.78. The van der Waals surface area contributed by atoms with Gasteiger partial charge in [0.15, 0.2) is 5.82 Å².